The molecule has 0 saturated heterocycles. The number of esters is 1. The smallest absolute Gasteiger partial charge is 0.325 e. The van der Waals surface area contributed by atoms with E-state index in [0.717, 1.165) is 5.69 Å². The number of amides is 1. The second-order valence-electron chi connectivity index (χ2n) is 3.89. The van der Waals surface area contributed by atoms with Gasteiger partial charge in [-0.05, 0) is 20.8 Å². The Kier molecular flexibility index (Phi) is 4.88. The van der Waals surface area contributed by atoms with Gasteiger partial charge in [-0.1, -0.05) is 0 Å². The first-order chi connectivity index (χ1) is 8.51. The molecule has 1 aromatic heterocycles. The van der Waals surface area contributed by atoms with E-state index < -0.39 is 5.97 Å². The largest absolute Gasteiger partial charge is 0.465 e. The molecule has 0 N–H and O–H groups in total. The van der Waals surface area contributed by atoms with Gasteiger partial charge in [0.15, 0.2) is 0 Å². The van der Waals surface area contributed by atoms with Gasteiger partial charge >= 0.3 is 5.97 Å². The van der Waals surface area contributed by atoms with E-state index in [1.165, 1.54) is 11.1 Å². The highest BCUT2D eigenvalue weighted by Gasteiger charge is 2.21. The average molecular weight is 253 g/mol. The lowest BCUT2D eigenvalue weighted by Gasteiger charge is -2.19. The Morgan fingerprint density at radius 1 is 1.44 bits per heavy atom. The molecule has 0 saturated carbocycles. The van der Waals surface area contributed by atoms with E-state index in [4.69, 9.17) is 4.74 Å². The average Bonchev–Trinajstić information content (AvgIpc) is 2.67. The molecule has 1 amide bonds. The van der Waals surface area contributed by atoms with Gasteiger partial charge in [-0.25, -0.2) is 0 Å². The van der Waals surface area contributed by atoms with Gasteiger partial charge in [-0.3, -0.25) is 14.3 Å². The topological polar surface area (TPSA) is 64.4 Å². The van der Waals surface area contributed by atoms with Gasteiger partial charge in [-0.15, -0.1) is 0 Å². The third kappa shape index (κ3) is 3.09. The van der Waals surface area contributed by atoms with Gasteiger partial charge in [0.05, 0.1) is 18.4 Å². The van der Waals surface area contributed by atoms with Crippen LogP contribution in [-0.2, 0) is 16.6 Å². The van der Waals surface area contributed by atoms with Crippen LogP contribution < -0.4 is 0 Å². The predicted octanol–water partition coefficient (Wildman–Crippen LogP) is 0.754. The number of nitrogens with zero attached hydrogens (tertiary/aromatic N) is 3. The molecule has 0 aromatic carbocycles. The van der Waals surface area contributed by atoms with E-state index in [1.807, 2.05) is 13.8 Å². The van der Waals surface area contributed by atoms with Gasteiger partial charge in [0, 0.05) is 19.3 Å². The Morgan fingerprint density at radius 3 is 2.56 bits per heavy atom. The molecule has 0 spiro atoms. The molecular weight excluding hydrogens is 234 g/mol. The van der Waals surface area contributed by atoms with Crippen LogP contribution in [0.2, 0.25) is 0 Å². The molecule has 0 radical (unpaired) electrons. The SMILES string of the molecule is CCOC(=O)CN(CC)C(=O)c1cnn(C)c1C. The van der Waals surface area contributed by atoms with E-state index >= 15 is 0 Å². The molecule has 0 aliphatic heterocycles. The number of likely N-dealkylation sites (N-methyl/N-ethyl adjacent to an activating group) is 1. The van der Waals surface area contributed by atoms with Gasteiger partial charge in [0.25, 0.3) is 5.91 Å². The van der Waals surface area contributed by atoms with Crippen LogP contribution in [0.4, 0.5) is 0 Å². The first-order valence-electron chi connectivity index (χ1n) is 5.94. The van der Waals surface area contributed by atoms with Gasteiger partial charge in [-0.2, -0.15) is 5.10 Å². The van der Waals surface area contributed by atoms with Crippen molar-refractivity contribution in [2.75, 3.05) is 19.7 Å². The van der Waals surface area contributed by atoms with Crippen molar-refractivity contribution in [2.45, 2.75) is 20.8 Å². The summed E-state index contributed by atoms with van der Waals surface area (Å²) in [4.78, 5) is 25.1. The monoisotopic (exact) mass is 253 g/mol. The molecule has 0 atom stereocenters. The molecule has 6 heteroatoms. The lowest BCUT2D eigenvalue weighted by atomic mass is 10.2. The molecule has 0 aliphatic rings. The fourth-order valence-electron chi connectivity index (χ4n) is 1.57. The van der Waals surface area contributed by atoms with Crippen molar-refractivity contribution in [2.24, 2.45) is 7.05 Å². The van der Waals surface area contributed by atoms with Crippen molar-refractivity contribution in [3.8, 4) is 0 Å². The summed E-state index contributed by atoms with van der Waals surface area (Å²) >= 11 is 0. The highest BCUT2D eigenvalue weighted by atomic mass is 16.5. The Balaban J connectivity index is 2.80. The van der Waals surface area contributed by atoms with Crippen LogP contribution in [0.5, 0.6) is 0 Å². The minimum Gasteiger partial charge on any atom is -0.465 e. The summed E-state index contributed by atoms with van der Waals surface area (Å²) in [6.45, 7) is 6.11. The zero-order valence-corrected chi connectivity index (χ0v) is 11.3. The van der Waals surface area contributed by atoms with Gasteiger partial charge in [0.2, 0.25) is 0 Å². The molecule has 1 rings (SSSR count). The molecule has 1 heterocycles. The van der Waals surface area contributed by atoms with Crippen LogP contribution in [0.3, 0.4) is 0 Å². The minimum absolute atomic E-state index is 0.0303. The summed E-state index contributed by atoms with van der Waals surface area (Å²) in [7, 11) is 1.77. The Bertz CT molecular complexity index is 440. The molecule has 1 aromatic rings. The van der Waals surface area contributed by atoms with E-state index in [2.05, 4.69) is 5.10 Å². The first kappa shape index (κ1) is 14.2. The first-order valence-corrected chi connectivity index (χ1v) is 5.94. The van der Waals surface area contributed by atoms with Crippen LogP contribution in [0, 0.1) is 6.92 Å². The number of rotatable bonds is 5. The third-order valence-corrected chi connectivity index (χ3v) is 2.76. The summed E-state index contributed by atoms with van der Waals surface area (Å²) in [5.74, 6) is -0.592. The molecule has 0 aliphatic carbocycles. The number of ether oxygens (including phenoxy) is 1. The Morgan fingerprint density at radius 2 is 2.11 bits per heavy atom. The molecule has 0 unspecified atom stereocenters. The number of hydrogen-bond donors (Lipinski definition) is 0. The second-order valence-corrected chi connectivity index (χ2v) is 3.89. The molecular formula is C12H19N3O3. The van der Waals surface area contributed by atoms with Gasteiger partial charge < -0.3 is 9.64 Å². The maximum absolute atomic E-state index is 12.2. The lowest BCUT2D eigenvalue weighted by Crippen LogP contribution is -2.36. The number of aromatic nitrogens is 2. The van der Waals surface area contributed by atoms with Crippen molar-refractivity contribution in [3.63, 3.8) is 0 Å². The normalized spacial score (nSPS) is 10.2. The molecule has 6 nitrogen and oxygen atoms in total. The standard InChI is InChI=1S/C12H19N3O3/c1-5-15(8-11(16)18-6-2)12(17)10-7-13-14(4)9(10)3/h7H,5-6,8H2,1-4H3. The van der Waals surface area contributed by atoms with E-state index in [1.54, 1.807) is 18.7 Å². The number of carbonyl (C=O) groups is 2. The van der Waals surface area contributed by atoms with Crippen LogP contribution in [0.15, 0.2) is 6.20 Å². The van der Waals surface area contributed by atoms with Crippen molar-refractivity contribution < 1.29 is 14.3 Å². The summed E-state index contributed by atoms with van der Waals surface area (Å²) in [5, 5.41) is 4.02. The summed E-state index contributed by atoms with van der Waals surface area (Å²) in [5.41, 5.74) is 1.30. The third-order valence-electron chi connectivity index (χ3n) is 2.76. The van der Waals surface area contributed by atoms with Crippen molar-refractivity contribution in [1.29, 1.82) is 0 Å². The van der Waals surface area contributed by atoms with Crippen LogP contribution in [0.25, 0.3) is 0 Å². The number of hydrogen-bond acceptors (Lipinski definition) is 4. The van der Waals surface area contributed by atoms with E-state index in [-0.39, 0.29) is 12.5 Å². The number of carbonyl (C=O) groups excluding carboxylic acids is 2. The van der Waals surface area contributed by atoms with Crippen molar-refractivity contribution in [1.82, 2.24) is 14.7 Å². The molecule has 100 valence electrons. The highest BCUT2D eigenvalue weighted by molar-refractivity contribution is 5.96. The van der Waals surface area contributed by atoms with Gasteiger partial charge in [0.1, 0.15) is 6.54 Å². The maximum Gasteiger partial charge on any atom is 0.325 e. The van der Waals surface area contributed by atoms with E-state index in [0.29, 0.717) is 18.7 Å². The van der Waals surface area contributed by atoms with Crippen LogP contribution >= 0.6 is 0 Å². The molecule has 0 bridgehead atoms. The fourth-order valence-corrected chi connectivity index (χ4v) is 1.57. The molecule has 18 heavy (non-hydrogen) atoms. The quantitative estimate of drug-likeness (QED) is 0.726. The number of aryl methyl sites for hydroxylation is 1. The predicted molar refractivity (Wildman–Crippen MR) is 66.2 cm³/mol. The maximum atomic E-state index is 12.2. The van der Waals surface area contributed by atoms with E-state index in [9.17, 15) is 9.59 Å². The summed E-state index contributed by atoms with van der Waals surface area (Å²) < 4.78 is 6.47. The summed E-state index contributed by atoms with van der Waals surface area (Å²) in [6, 6.07) is 0. The lowest BCUT2D eigenvalue weighted by molar-refractivity contribution is -0.143. The Labute approximate surface area is 107 Å². The minimum atomic E-state index is -0.394. The zero-order chi connectivity index (χ0) is 13.7. The van der Waals surface area contributed by atoms with Crippen LogP contribution in [0.1, 0.15) is 29.9 Å². The zero-order valence-electron chi connectivity index (χ0n) is 11.3. The van der Waals surface area contributed by atoms with Crippen molar-refractivity contribution in [3.05, 3.63) is 17.5 Å². The Hall–Kier alpha value is -1.85. The van der Waals surface area contributed by atoms with Crippen molar-refractivity contribution >= 4 is 11.9 Å². The summed E-state index contributed by atoms with van der Waals surface area (Å²) in [6.07, 6.45) is 1.52. The second kappa shape index (κ2) is 6.18. The molecule has 0 fully saturated rings. The van der Waals surface area contributed by atoms with Crippen LogP contribution in [-0.4, -0.2) is 46.3 Å². The fraction of sp³-hybridized carbons (Fsp3) is 0.583. The highest BCUT2D eigenvalue weighted by Crippen LogP contribution is 2.09.